The lowest BCUT2D eigenvalue weighted by Gasteiger charge is -2.29. The quantitative estimate of drug-likeness (QED) is 0.745. The van der Waals surface area contributed by atoms with Gasteiger partial charge in [0.15, 0.2) is 0 Å². The monoisotopic (exact) mass is 235 g/mol. The van der Waals surface area contributed by atoms with Crippen molar-refractivity contribution in [2.24, 2.45) is 0 Å². The van der Waals surface area contributed by atoms with Crippen LogP contribution in [0.4, 0.5) is 5.69 Å². The van der Waals surface area contributed by atoms with Crippen LogP contribution in [0.3, 0.4) is 0 Å². The molecule has 0 aliphatic carbocycles. The lowest BCUT2D eigenvalue weighted by Crippen LogP contribution is -2.40. The summed E-state index contributed by atoms with van der Waals surface area (Å²) in [5.41, 5.74) is 7.39. The van der Waals surface area contributed by atoms with E-state index < -0.39 is 0 Å². The van der Waals surface area contributed by atoms with Crippen LogP contribution < -0.4 is 5.73 Å². The Hall–Kier alpha value is -1.62. The summed E-state index contributed by atoms with van der Waals surface area (Å²) >= 11 is 0. The van der Waals surface area contributed by atoms with E-state index in [1.165, 1.54) is 0 Å². The van der Waals surface area contributed by atoms with Gasteiger partial charge in [0.05, 0.1) is 29.2 Å². The molecule has 1 amide bonds. The van der Waals surface area contributed by atoms with Crippen LogP contribution in [0.5, 0.6) is 0 Å². The Balaban J connectivity index is 2.16. The highest BCUT2D eigenvalue weighted by Crippen LogP contribution is 2.16. The van der Waals surface area contributed by atoms with Crippen LogP contribution >= 0.6 is 0 Å². The molecule has 0 bridgehead atoms. The molecule has 5 nitrogen and oxygen atoms in total. The molecule has 0 unspecified atom stereocenters. The summed E-state index contributed by atoms with van der Waals surface area (Å²) in [6, 6.07) is 1.66. The second-order valence-electron chi connectivity index (χ2n) is 4.42. The Morgan fingerprint density at radius 1 is 1.53 bits per heavy atom. The van der Waals surface area contributed by atoms with Gasteiger partial charge in [0.2, 0.25) is 0 Å². The molecular weight excluding hydrogens is 218 g/mol. The number of carbonyl (C=O) groups excluding carboxylic acids is 1. The standard InChI is InChI=1S/C12H17N3O2/c1-8-11(6-9(13)7-14-8)12(17)15-4-2-10(16)3-5-15/h6-7,10,16H,2-5,13H2,1H3. The van der Waals surface area contributed by atoms with E-state index in [0.29, 0.717) is 42.9 Å². The van der Waals surface area contributed by atoms with Crippen molar-refractivity contribution in [3.63, 3.8) is 0 Å². The number of aliphatic hydroxyl groups excluding tert-OH is 1. The van der Waals surface area contributed by atoms with Gasteiger partial charge in [0.25, 0.3) is 5.91 Å². The molecule has 1 aromatic rings. The SMILES string of the molecule is Cc1ncc(N)cc1C(=O)N1CCC(O)CC1. The lowest BCUT2D eigenvalue weighted by atomic mass is 10.1. The zero-order valence-electron chi connectivity index (χ0n) is 9.89. The Bertz CT molecular complexity index is 426. The maximum Gasteiger partial charge on any atom is 0.255 e. The van der Waals surface area contributed by atoms with Gasteiger partial charge in [-0.25, -0.2) is 0 Å². The third-order valence-electron chi connectivity index (χ3n) is 3.09. The van der Waals surface area contributed by atoms with Gasteiger partial charge in [-0.2, -0.15) is 0 Å². The van der Waals surface area contributed by atoms with Crippen LogP contribution in [-0.4, -0.2) is 40.1 Å². The number of amides is 1. The van der Waals surface area contributed by atoms with Gasteiger partial charge in [0.1, 0.15) is 0 Å². The third kappa shape index (κ3) is 2.55. The molecule has 3 N–H and O–H groups in total. The van der Waals surface area contributed by atoms with Crippen molar-refractivity contribution in [2.75, 3.05) is 18.8 Å². The van der Waals surface area contributed by atoms with E-state index in [1.807, 2.05) is 0 Å². The number of nitrogens with two attached hydrogens (primary N) is 1. The Kier molecular flexibility index (Phi) is 3.28. The van der Waals surface area contributed by atoms with Crippen molar-refractivity contribution in [3.05, 3.63) is 23.5 Å². The van der Waals surface area contributed by atoms with Crippen molar-refractivity contribution in [2.45, 2.75) is 25.9 Å². The van der Waals surface area contributed by atoms with E-state index in [2.05, 4.69) is 4.98 Å². The van der Waals surface area contributed by atoms with Gasteiger partial charge in [-0.05, 0) is 25.8 Å². The molecule has 17 heavy (non-hydrogen) atoms. The molecule has 0 spiro atoms. The molecule has 2 rings (SSSR count). The van der Waals surface area contributed by atoms with Gasteiger partial charge in [-0.15, -0.1) is 0 Å². The van der Waals surface area contributed by atoms with Gasteiger partial charge in [-0.3, -0.25) is 9.78 Å². The first-order valence-electron chi connectivity index (χ1n) is 5.77. The fraction of sp³-hybridized carbons (Fsp3) is 0.500. The molecule has 1 aromatic heterocycles. The molecule has 92 valence electrons. The molecule has 1 saturated heterocycles. The van der Waals surface area contributed by atoms with Crippen molar-refractivity contribution < 1.29 is 9.90 Å². The van der Waals surface area contributed by atoms with Crippen molar-refractivity contribution >= 4 is 11.6 Å². The van der Waals surface area contributed by atoms with Gasteiger partial charge < -0.3 is 15.7 Å². The normalized spacial score (nSPS) is 17.2. The number of aryl methyl sites for hydroxylation is 1. The van der Waals surface area contributed by atoms with Gasteiger partial charge in [0, 0.05) is 13.1 Å². The number of likely N-dealkylation sites (tertiary alicyclic amines) is 1. The molecule has 0 atom stereocenters. The highest BCUT2D eigenvalue weighted by molar-refractivity contribution is 5.96. The zero-order valence-corrected chi connectivity index (χ0v) is 9.89. The number of hydrogen-bond donors (Lipinski definition) is 2. The maximum atomic E-state index is 12.2. The summed E-state index contributed by atoms with van der Waals surface area (Å²) in [5, 5.41) is 9.41. The summed E-state index contributed by atoms with van der Waals surface area (Å²) in [5.74, 6) is -0.0470. The summed E-state index contributed by atoms with van der Waals surface area (Å²) < 4.78 is 0. The molecule has 0 saturated carbocycles. The predicted molar refractivity (Wildman–Crippen MR) is 64.5 cm³/mol. The second-order valence-corrected chi connectivity index (χ2v) is 4.42. The van der Waals surface area contributed by atoms with Crippen LogP contribution in [0.25, 0.3) is 0 Å². The molecule has 0 radical (unpaired) electrons. The number of nitrogen functional groups attached to an aromatic ring is 1. The average Bonchev–Trinajstić information content (AvgIpc) is 2.32. The number of piperidine rings is 1. The minimum atomic E-state index is -0.279. The molecule has 2 heterocycles. The van der Waals surface area contributed by atoms with Crippen LogP contribution in [-0.2, 0) is 0 Å². The number of aromatic nitrogens is 1. The molecule has 5 heteroatoms. The Morgan fingerprint density at radius 2 is 2.18 bits per heavy atom. The smallest absolute Gasteiger partial charge is 0.255 e. The fourth-order valence-electron chi connectivity index (χ4n) is 2.01. The number of pyridine rings is 1. The molecule has 1 fully saturated rings. The highest BCUT2D eigenvalue weighted by Gasteiger charge is 2.23. The third-order valence-corrected chi connectivity index (χ3v) is 3.09. The number of anilines is 1. The minimum Gasteiger partial charge on any atom is -0.397 e. The first-order valence-corrected chi connectivity index (χ1v) is 5.77. The van der Waals surface area contributed by atoms with E-state index in [0.717, 1.165) is 0 Å². The van der Waals surface area contributed by atoms with Crippen LogP contribution in [0, 0.1) is 6.92 Å². The summed E-state index contributed by atoms with van der Waals surface area (Å²) in [4.78, 5) is 18.1. The van der Waals surface area contributed by atoms with E-state index in [1.54, 1.807) is 24.1 Å². The zero-order chi connectivity index (χ0) is 12.4. The summed E-state index contributed by atoms with van der Waals surface area (Å²) in [7, 11) is 0. The minimum absolute atomic E-state index is 0.0470. The molecule has 0 aromatic carbocycles. The number of hydrogen-bond acceptors (Lipinski definition) is 4. The van der Waals surface area contributed by atoms with Crippen LogP contribution in [0.2, 0.25) is 0 Å². The van der Waals surface area contributed by atoms with E-state index in [9.17, 15) is 9.90 Å². The molecular formula is C12H17N3O2. The molecule has 1 aliphatic rings. The predicted octanol–water partition coefficient (Wildman–Crippen LogP) is 0.569. The highest BCUT2D eigenvalue weighted by atomic mass is 16.3. The number of aliphatic hydroxyl groups is 1. The topological polar surface area (TPSA) is 79.5 Å². The fourth-order valence-corrected chi connectivity index (χ4v) is 2.01. The Morgan fingerprint density at radius 3 is 2.82 bits per heavy atom. The summed E-state index contributed by atoms with van der Waals surface area (Å²) in [6.45, 7) is 2.98. The summed E-state index contributed by atoms with van der Waals surface area (Å²) in [6.07, 6.45) is 2.55. The number of nitrogens with zero attached hydrogens (tertiary/aromatic N) is 2. The first-order chi connectivity index (χ1) is 8.08. The number of carbonyl (C=O) groups is 1. The van der Waals surface area contributed by atoms with Crippen molar-refractivity contribution in [1.29, 1.82) is 0 Å². The lowest BCUT2D eigenvalue weighted by molar-refractivity contribution is 0.0545. The van der Waals surface area contributed by atoms with E-state index in [-0.39, 0.29) is 12.0 Å². The van der Waals surface area contributed by atoms with Crippen molar-refractivity contribution in [3.8, 4) is 0 Å². The Labute approximate surface area is 100 Å². The maximum absolute atomic E-state index is 12.2. The first kappa shape index (κ1) is 11.9. The largest absolute Gasteiger partial charge is 0.397 e. The van der Waals surface area contributed by atoms with Crippen LogP contribution in [0.1, 0.15) is 28.9 Å². The number of rotatable bonds is 1. The molecule has 1 aliphatic heterocycles. The van der Waals surface area contributed by atoms with E-state index >= 15 is 0 Å². The average molecular weight is 235 g/mol. The van der Waals surface area contributed by atoms with Crippen LogP contribution in [0.15, 0.2) is 12.3 Å². The second kappa shape index (κ2) is 4.71. The van der Waals surface area contributed by atoms with Gasteiger partial charge >= 0.3 is 0 Å². The van der Waals surface area contributed by atoms with E-state index in [4.69, 9.17) is 5.73 Å². The van der Waals surface area contributed by atoms with Gasteiger partial charge in [-0.1, -0.05) is 0 Å². The van der Waals surface area contributed by atoms with Crippen molar-refractivity contribution in [1.82, 2.24) is 9.88 Å².